The Morgan fingerprint density at radius 3 is 2.56 bits per heavy atom. The van der Waals surface area contributed by atoms with Crippen LogP contribution in [0.25, 0.3) is 0 Å². The maximum atomic E-state index is 13.4. The Morgan fingerprint density at radius 2 is 1.94 bits per heavy atom. The van der Waals surface area contributed by atoms with Crippen LogP contribution in [0.5, 0.6) is 0 Å². The number of nitrogens with zero attached hydrogens (tertiary/aromatic N) is 1. The fourth-order valence-corrected chi connectivity index (χ4v) is 7.97. The van der Waals surface area contributed by atoms with Gasteiger partial charge in [-0.1, -0.05) is 20.8 Å². The van der Waals surface area contributed by atoms with Crippen LogP contribution in [0.15, 0.2) is 23.1 Å². The van der Waals surface area contributed by atoms with E-state index in [0.29, 0.717) is 43.4 Å². The molecule has 0 aromatic heterocycles. The molecule has 4 rings (SSSR count). The highest BCUT2D eigenvalue weighted by Gasteiger charge is 2.59. The van der Waals surface area contributed by atoms with Gasteiger partial charge in [-0.25, -0.2) is 8.42 Å². The van der Waals surface area contributed by atoms with Crippen molar-refractivity contribution < 1.29 is 17.9 Å². The van der Waals surface area contributed by atoms with Gasteiger partial charge in [-0.2, -0.15) is 4.31 Å². The number of amides is 1. The van der Waals surface area contributed by atoms with Gasteiger partial charge in [0.2, 0.25) is 10.0 Å². The average molecular weight is 464 g/mol. The molecule has 178 valence electrons. The molecular weight excluding hydrogens is 426 g/mol. The van der Waals surface area contributed by atoms with E-state index >= 15 is 0 Å². The summed E-state index contributed by atoms with van der Waals surface area (Å²) >= 11 is 0. The largest absolute Gasteiger partial charge is 0.383 e. The highest BCUT2D eigenvalue weighted by molar-refractivity contribution is 7.89. The molecule has 3 atom stereocenters. The third kappa shape index (κ3) is 4.05. The monoisotopic (exact) mass is 463 g/mol. The van der Waals surface area contributed by atoms with Crippen LogP contribution in [0.1, 0.15) is 63.2 Å². The topological polar surface area (TPSA) is 87.7 Å². The van der Waals surface area contributed by atoms with Gasteiger partial charge < -0.3 is 15.4 Å². The van der Waals surface area contributed by atoms with E-state index in [0.717, 1.165) is 25.7 Å². The number of nitrogens with one attached hydrogen (secondary N) is 2. The molecule has 1 heterocycles. The molecule has 0 spiro atoms. The van der Waals surface area contributed by atoms with Crippen molar-refractivity contribution in [2.75, 3.05) is 38.7 Å². The highest BCUT2D eigenvalue weighted by Crippen LogP contribution is 2.62. The zero-order valence-electron chi connectivity index (χ0n) is 19.7. The molecule has 8 heteroatoms. The number of methoxy groups -OCH3 is 1. The van der Waals surface area contributed by atoms with Crippen molar-refractivity contribution in [3.8, 4) is 0 Å². The fourth-order valence-electron chi connectivity index (χ4n) is 6.26. The molecule has 1 aliphatic heterocycles. The summed E-state index contributed by atoms with van der Waals surface area (Å²) in [4.78, 5) is 13.5. The number of benzene rings is 1. The number of carbonyl (C=O) groups excluding carboxylic acids is 1. The van der Waals surface area contributed by atoms with Crippen molar-refractivity contribution in [3.63, 3.8) is 0 Å². The van der Waals surface area contributed by atoms with Crippen LogP contribution in [-0.4, -0.2) is 58.0 Å². The minimum atomic E-state index is -3.68. The average Bonchev–Trinajstić information content (AvgIpc) is 3.46. The molecule has 2 N–H and O–H groups in total. The molecule has 1 amide bonds. The van der Waals surface area contributed by atoms with Crippen LogP contribution in [0.3, 0.4) is 0 Å². The number of carbonyl (C=O) groups is 1. The minimum Gasteiger partial charge on any atom is -0.383 e. The number of hydrogen-bond donors (Lipinski definition) is 2. The summed E-state index contributed by atoms with van der Waals surface area (Å²) in [7, 11) is -2.08. The molecular formula is C24H37N3O4S. The van der Waals surface area contributed by atoms with Crippen LogP contribution in [0.4, 0.5) is 5.69 Å². The Hall–Kier alpha value is -1.64. The van der Waals surface area contributed by atoms with Gasteiger partial charge in [0.05, 0.1) is 12.3 Å². The number of ether oxygens (including phenoxy) is 1. The number of fused-ring (bicyclic) bond motifs is 2. The lowest BCUT2D eigenvalue weighted by atomic mass is 9.68. The van der Waals surface area contributed by atoms with Crippen molar-refractivity contribution in [1.29, 1.82) is 0 Å². The van der Waals surface area contributed by atoms with E-state index in [9.17, 15) is 13.2 Å². The predicted octanol–water partition coefficient (Wildman–Crippen LogP) is 3.47. The molecule has 7 nitrogen and oxygen atoms in total. The van der Waals surface area contributed by atoms with Gasteiger partial charge in [0, 0.05) is 38.3 Å². The van der Waals surface area contributed by atoms with Crippen molar-refractivity contribution in [3.05, 3.63) is 23.8 Å². The molecule has 0 radical (unpaired) electrons. The van der Waals surface area contributed by atoms with Crippen LogP contribution in [0.2, 0.25) is 0 Å². The number of anilines is 1. The lowest BCUT2D eigenvalue weighted by molar-refractivity contribution is 0.0737. The van der Waals surface area contributed by atoms with E-state index in [2.05, 4.69) is 31.4 Å². The minimum absolute atomic E-state index is 0.0365. The second-order valence-electron chi connectivity index (χ2n) is 10.6. The lowest BCUT2D eigenvalue weighted by Gasteiger charge is -2.43. The van der Waals surface area contributed by atoms with Crippen LogP contribution in [-0.2, 0) is 14.8 Å². The Balaban J connectivity index is 1.62. The molecule has 2 aliphatic carbocycles. The standard InChI is InChI=1S/C24H37N3O4S/c1-23(2)18-9-10-24(3,16-18)22(23)26-21(28)17-7-8-19(25-11-14-31-4)20(15-17)32(29,30)27-12-5-6-13-27/h7-8,15,18,22,25H,5-6,9-14,16H2,1-4H3,(H,26,28)/t18-,22?,24-/m0/s1. The first-order valence-electron chi connectivity index (χ1n) is 11.8. The van der Waals surface area contributed by atoms with E-state index < -0.39 is 10.0 Å². The quantitative estimate of drug-likeness (QED) is 0.577. The Bertz CT molecular complexity index is 967. The van der Waals surface area contributed by atoms with Crippen LogP contribution < -0.4 is 10.6 Å². The molecule has 1 aromatic rings. The van der Waals surface area contributed by atoms with Gasteiger partial charge in [0.15, 0.2) is 0 Å². The second kappa shape index (κ2) is 8.61. The summed E-state index contributed by atoms with van der Waals surface area (Å²) < 4.78 is 33.4. The maximum absolute atomic E-state index is 13.4. The number of hydrogen-bond acceptors (Lipinski definition) is 5. The first kappa shape index (κ1) is 23.5. The maximum Gasteiger partial charge on any atom is 0.251 e. The molecule has 32 heavy (non-hydrogen) atoms. The third-order valence-corrected chi connectivity index (χ3v) is 10.0. The third-order valence-electron chi connectivity index (χ3n) is 8.09. The summed E-state index contributed by atoms with van der Waals surface area (Å²) in [6.07, 6.45) is 5.21. The zero-order chi connectivity index (χ0) is 23.1. The highest BCUT2D eigenvalue weighted by atomic mass is 32.2. The molecule has 1 saturated heterocycles. The molecule has 3 aliphatic rings. The Morgan fingerprint density at radius 1 is 1.22 bits per heavy atom. The Kier molecular flexibility index (Phi) is 6.33. The molecule has 2 bridgehead atoms. The summed E-state index contributed by atoms with van der Waals surface area (Å²) in [6, 6.07) is 5.05. The van der Waals surface area contributed by atoms with Crippen LogP contribution >= 0.6 is 0 Å². The van der Waals surface area contributed by atoms with Crippen molar-refractivity contribution >= 4 is 21.6 Å². The SMILES string of the molecule is COCCNc1ccc(C(=O)NC2C(C)(C)[C@H]3CC[C@@]2(C)C3)cc1S(=O)(=O)N1CCCC1. The van der Waals surface area contributed by atoms with E-state index in [1.54, 1.807) is 25.3 Å². The molecule has 3 fully saturated rings. The summed E-state index contributed by atoms with van der Waals surface area (Å²) in [5, 5.41) is 6.45. The van der Waals surface area contributed by atoms with Gasteiger partial charge in [-0.3, -0.25) is 4.79 Å². The molecule has 1 unspecified atom stereocenters. The molecule has 2 saturated carbocycles. The first-order chi connectivity index (χ1) is 15.1. The first-order valence-corrected chi connectivity index (χ1v) is 13.2. The predicted molar refractivity (Wildman–Crippen MR) is 125 cm³/mol. The van der Waals surface area contributed by atoms with Gasteiger partial charge in [-0.15, -0.1) is 0 Å². The summed E-state index contributed by atoms with van der Waals surface area (Å²) in [5.41, 5.74) is 1.05. The summed E-state index contributed by atoms with van der Waals surface area (Å²) in [5.74, 6) is 0.425. The van der Waals surface area contributed by atoms with Crippen molar-refractivity contribution in [1.82, 2.24) is 9.62 Å². The van der Waals surface area contributed by atoms with Crippen molar-refractivity contribution in [2.45, 2.75) is 63.8 Å². The van der Waals surface area contributed by atoms with Crippen LogP contribution in [0, 0.1) is 16.7 Å². The van der Waals surface area contributed by atoms with Crippen molar-refractivity contribution in [2.24, 2.45) is 16.7 Å². The van der Waals surface area contributed by atoms with Gasteiger partial charge in [0.25, 0.3) is 5.91 Å². The van der Waals surface area contributed by atoms with E-state index in [4.69, 9.17) is 4.74 Å². The molecule has 1 aromatic carbocycles. The van der Waals surface area contributed by atoms with E-state index in [-0.39, 0.29) is 27.7 Å². The summed E-state index contributed by atoms with van der Waals surface area (Å²) in [6.45, 7) is 8.76. The number of rotatable bonds is 8. The van der Waals surface area contributed by atoms with Gasteiger partial charge in [-0.05, 0) is 67.1 Å². The lowest BCUT2D eigenvalue weighted by Crippen LogP contribution is -2.52. The zero-order valence-corrected chi connectivity index (χ0v) is 20.6. The Labute approximate surface area is 192 Å². The van der Waals surface area contributed by atoms with Gasteiger partial charge in [0.1, 0.15) is 4.90 Å². The van der Waals surface area contributed by atoms with Gasteiger partial charge >= 0.3 is 0 Å². The number of sulfonamides is 1. The smallest absolute Gasteiger partial charge is 0.251 e. The normalized spacial score (nSPS) is 29.4. The second-order valence-corrected chi connectivity index (χ2v) is 12.5. The van der Waals surface area contributed by atoms with E-state index in [1.807, 2.05) is 0 Å². The fraction of sp³-hybridized carbons (Fsp3) is 0.708. The van der Waals surface area contributed by atoms with E-state index in [1.165, 1.54) is 10.7 Å².